The Bertz CT molecular complexity index is 506. The smallest absolute Gasteiger partial charge is 0.129 e. The van der Waals surface area contributed by atoms with Crippen LogP contribution in [0.2, 0.25) is 0 Å². The highest BCUT2D eigenvalue weighted by molar-refractivity contribution is 6.04. The van der Waals surface area contributed by atoms with Crippen LogP contribution < -0.4 is 0 Å². The quantitative estimate of drug-likeness (QED) is 0.612. The van der Waals surface area contributed by atoms with Gasteiger partial charge in [-0.1, -0.05) is 11.2 Å². The Morgan fingerprint density at radius 2 is 1.84 bits per heavy atom. The summed E-state index contributed by atoms with van der Waals surface area (Å²) in [5.41, 5.74) is 7.04. The van der Waals surface area contributed by atoms with Gasteiger partial charge in [0.25, 0.3) is 0 Å². The van der Waals surface area contributed by atoms with Gasteiger partial charge in [-0.2, -0.15) is 0 Å². The van der Waals surface area contributed by atoms with E-state index in [-0.39, 0.29) is 0 Å². The first-order chi connectivity index (χ1) is 9.24. The second kappa shape index (κ2) is 5.33. The molecule has 0 radical (unpaired) electrons. The molecule has 0 unspecified atom stereocenters. The molecule has 3 rings (SSSR count). The number of aryl methyl sites for hydroxylation is 3. The molecule has 0 bridgehead atoms. The second-order valence-electron chi connectivity index (χ2n) is 5.81. The maximum absolute atomic E-state index is 5.45. The van der Waals surface area contributed by atoms with Gasteiger partial charge in [0, 0.05) is 12.1 Å². The third-order valence-electron chi connectivity index (χ3n) is 4.06. The minimum atomic E-state index is 0.663. The van der Waals surface area contributed by atoms with E-state index >= 15 is 0 Å². The SMILES string of the molecule is CN(C)CCO/N=C1\CCc2cc3c(cc21)CCC3. The van der Waals surface area contributed by atoms with Crippen LogP contribution in [-0.2, 0) is 24.1 Å². The van der Waals surface area contributed by atoms with Crippen LogP contribution in [0.3, 0.4) is 0 Å². The Kier molecular flexibility index (Phi) is 3.56. The van der Waals surface area contributed by atoms with Crippen molar-refractivity contribution in [2.75, 3.05) is 27.2 Å². The van der Waals surface area contributed by atoms with Crippen molar-refractivity contribution in [3.63, 3.8) is 0 Å². The lowest BCUT2D eigenvalue weighted by Crippen LogP contribution is -2.17. The van der Waals surface area contributed by atoms with E-state index < -0.39 is 0 Å². The standard InChI is InChI=1S/C16H22N2O/c1-18(2)8-9-19-17-16-7-6-14-10-12-4-3-5-13(12)11-15(14)16/h10-11H,3-9H2,1-2H3/b17-16+. The van der Waals surface area contributed by atoms with E-state index in [4.69, 9.17) is 4.84 Å². The summed E-state index contributed by atoms with van der Waals surface area (Å²) in [5, 5.41) is 4.35. The summed E-state index contributed by atoms with van der Waals surface area (Å²) in [6.07, 6.45) is 5.95. The van der Waals surface area contributed by atoms with Crippen LogP contribution >= 0.6 is 0 Å². The number of hydrogen-bond donors (Lipinski definition) is 0. The zero-order valence-electron chi connectivity index (χ0n) is 11.9. The normalized spacial score (nSPS) is 19.0. The van der Waals surface area contributed by atoms with Gasteiger partial charge in [0.15, 0.2) is 0 Å². The summed E-state index contributed by atoms with van der Waals surface area (Å²) in [7, 11) is 4.09. The monoisotopic (exact) mass is 258 g/mol. The number of benzene rings is 1. The van der Waals surface area contributed by atoms with Gasteiger partial charge in [-0.05, 0) is 69.0 Å². The van der Waals surface area contributed by atoms with E-state index in [0.717, 1.165) is 25.1 Å². The molecule has 0 fully saturated rings. The van der Waals surface area contributed by atoms with Crippen molar-refractivity contribution < 1.29 is 4.84 Å². The Labute approximate surface area is 115 Å². The van der Waals surface area contributed by atoms with Gasteiger partial charge >= 0.3 is 0 Å². The highest BCUT2D eigenvalue weighted by Crippen LogP contribution is 2.30. The van der Waals surface area contributed by atoms with Gasteiger partial charge in [0.1, 0.15) is 6.61 Å². The summed E-state index contributed by atoms with van der Waals surface area (Å²) in [5.74, 6) is 0. The van der Waals surface area contributed by atoms with E-state index in [2.05, 4.69) is 22.2 Å². The zero-order valence-corrected chi connectivity index (χ0v) is 11.9. The average molecular weight is 258 g/mol. The average Bonchev–Trinajstić information content (AvgIpc) is 2.98. The summed E-state index contributed by atoms with van der Waals surface area (Å²) in [4.78, 5) is 7.56. The highest BCUT2D eigenvalue weighted by Gasteiger charge is 2.22. The summed E-state index contributed by atoms with van der Waals surface area (Å²) in [6, 6.07) is 4.76. The Balaban J connectivity index is 1.73. The van der Waals surface area contributed by atoms with Gasteiger partial charge in [0.05, 0.1) is 5.71 Å². The molecule has 102 valence electrons. The third kappa shape index (κ3) is 2.66. The maximum atomic E-state index is 5.45. The molecule has 0 spiro atoms. The third-order valence-corrected chi connectivity index (χ3v) is 4.06. The van der Waals surface area contributed by atoms with Gasteiger partial charge in [0.2, 0.25) is 0 Å². The number of oxime groups is 1. The molecular formula is C16H22N2O. The van der Waals surface area contributed by atoms with Gasteiger partial charge < -0.3 is 9.74 Å². The van der Waals surface area contributed by atoms with Crippen LogP contribution in [0, 0.1) is 0 Å². The fourth-order valence-corrected chi connectivity index (χ4v) is 2.98. The van der Waals surface area contributed by atoms with Crippen molar-refractivity contribution in [2.24, 2.45) is 5.16 Å². The molecule has 3 nitrogen and oxygen atoms in total. The fraction of sp³-hybridized carbons (Fsp3) is 0.562. The summed E-state index contributed by atoms with van der Waals surface area (Å²) in [6.45, 7) is 1.57. The largest absolute Gasteiger partial charge is 0.394 e. The molecule has 0 aromatic heterocycles. The molecule has 0 saturated carbocycles. The van der Waals surface area contributed by atoms with Crippen molar-refractivity contribution in [3.05, 3.63) is 34.4 Å². The van der Waals surface area contributed by atoms with E-state index in [0.29, 0.717) is 6.61 Å². The van der Waals surface area contributed by atoms with Gasteiger partial charge in [-0.3, -0.25) is 0 Å². The number of nitrogens with zero attached hydrogens (tertiary/aromatic N) is 2. The van der Waals surface area contributed by atoms with Crippen LogP contribution in [0.1, 0.15) is 35.1 Å². The van der Waals surface area contributed by atoms with E-state index in [1.807, 2.05) is 14.1 Å². The Morgan fingerprint density at radius 1 is 1.05 bits per heavy atom. The first-order valence-electron chi connectivity index (χ1n) is 7.22. The molecule has 3 heteroatoms. The molecule has 1 aromatic carbocycles. The molecular weight excluding hydrogens is 236 g/mol. The minimum absolute atomic E-state index is 0.663. The molecule has 0 amide bonds. The highest BCUT2D eigenvalue weighted by atomic mass is 16.6. The lowest BCUT2D eigenvalue weighted by Gasteiger charge is -2.08. The molecule has 2 aliphatic carbocycles. The Morgan fingerprint density at radius 3 is 2.63 bits per heavy atom. The predicted octanol–water partition coefficient (Wildman–Crippen LogP) is 2.40. The molecule has 0 atom stereocenters. The van der Waals surface area contributed by atoms with Crippen molar-refractivity contribution in [1.29, 1.82) is 0 Å². The summed E-state index contributed by atoms with van der Waals surface area (Å²) < 4.78 is 0. The fourth-order valence-electron chi connectivity index (χ4n) is 2.98. The molecule has 2 aliphatic rings. The molecule has 0 saturated heterocycles. The predicted molar refractivity (Wildman–Crippen MR) is 77.8 cm³/mol. The van der Waals surface area contributed by atoms with Crippen molar-refractivity contribution in [3.8, 4) is 0 Å². The van der Waals surface area contributed by atoms with Crippen LogP contribution in [0.15, 0.2) is 17.3 Å². The van der Waals surface area contributed by atoms with E-state index in [1.165, 1.54) is 36.0 Å². The van der Waals surface area contributed by atoms with Crippen LogP contribution in [0.25, 0.3) is 0 Å². The molecule has 0 N–H and O–H groups in total. The molecule has 1 aromatic rings. The molecule has 19 heavy (non-hydrogen) atoms. The lowest BCUT2D eigenvalue weighted by atomic mass is 10.0. The van der Waals surface area contributed by atoms with Gasteiger partial charge in [-0.15, -0.1) is 0 Å². The first kappa shape index (κ1) is 12.7. The Hall–Kier alpha value is -1.35. The summed E-state index contributed by atoms with van der Waals surface area (Å²) >= 11 is 0. The minimum Gasteiger partial charge on any atom is -0.394 e. The lowest BCUT2D eigenvalue weighted by molar-refractivity contribution is 0.126. The zero-order chi connectivity index (χ0) is 13.2. The molecule has 0 heterocycles. The molecule has 0 aliphatic heterocycles. The topological polar surface area (TPSA) is 24.8 Å². The van der Waals surface area contributed by atoms with Crippen LogP contribution in [0.5, 0.6) is 0 Å². The van der Waals surface area contributed by atoms with Crippen molar-refractivity contribution in [2.45, 2.75) is 32.1 Å². The second-order valence-corrected chi connectivity index (χ2v) is 5.81. The van der Waals surface area contributed by atoms with Crippen LogP contribution in [-0.4, -0.2) is 37.9 Å². The van der Waals surface area contributed by atoms with Crippen molar-refractivity contribution >= 4 is 5.71 Å². The van der Waals surface area contributed by atoms with Crippen molar-refractivity contribution in [1.82, 2.24) is 4.90 Å². The first-order valence-corrected chi connectivity index (χ1v) is 7.22. The maximum Gasteiger partial charge on any atom is 0.129 e. The number of hydrogen-bond acceptors (Lipinski definition) is 3. The number of rotatable bonds is 4. The van der Waals surface area contributed by atoms with Gasteiger partial charge in [-0.25, -0.2) is 0 Å². The van der Waals surface area contributed by atoms with E-state index in [9.17, 15) is 0 Å². The van der Waals surface area contributed by atoms with E-state index in [1.54, 1.807) is 5.56 Å². The van der Waals surface area contributed by atoms with Crippen LogP contribution in [0.4, 0.5) is 0 Å². The number of fused-ring (bicyclic) bond motifs is 2. The number of likely N-dealkylation sites (N-methyl/N-ethyl adjacent to an activating group) is 1.